The summed E-state index contributed by atoms with van der Waals surface area (Å²) in [7, 11) is -5.53. The number of nitrogens with one attached hydrogen (secondary N) is 3. The van der Waals surface area contributed by atoms with Crippen LogP contribution in [-0.4, -0.2) is 128 Å². The van der Waals surface area contributed by atoms with E-state index in [0.717, 1.165) is 45.7 Å². The number of aliphatic hydroxyl groups excluding tert-OH is 2. The van der Waals surface area contributed by atoms with Gasteiger partial charge in [-0.3, -0.25) is 9.68 Å². The van der Waals surface area contributed by atoms with E-state index in [0.29, 0.717) is 42.2 Å². The summed E-state index contributed by atoms with van der Waals surface area (Å²) >= 11 is 0. The van der Waals surface area contributed by atoms with Gasteiger partial charge >= 0.3 is 12.2 Å². The number of aliphatic hydroxyl groups is 2. The number of ether oxygens (including phenoxy) is 2. The maximum atomic E-state index is 14.7. The molecule has 2 aliphatic rings. The lowest BCUT2D eigenvalue weighted by Crippen LogP contribution is -2.52. The summed E-state index contributed by atoms with van der Waals surface area (Å²) in [4.78, 5) is 48.1. The van der Waals surface area contributed by atoms with Crippen LogP contribution in [0.2, 0.25) is 0 Å². The zero-order valence-corrected chi connectivity index (χ0v) is 47.4. The number of alkyl carbamates (subject to hydrolysis) is 2. The highest BCUT2D eigenvalue weighted by Crippen LogP contribution is 2.31. The zero-order valence-electron chi connectivity index (χ0n) is 45.7. The van der Waals surface area contributed by atoms with Crippen LogP contribution >= 0.6 is 0 Å². The number of rotatable bonds is 23. The van der Waals surface area contributed by atoms with Crippen LogP contribution in [0.3, 0.4) is 0 Å². The smallest absolute Gasteiger partial charge is 0.409 e. The Balaban J connectivity index is 0.994. The minimum Gasteiger partial charge on any atom is -0.444 e. The van der Waals surface area contributed by atoms with Gasteiger partial charge in [0.25, 0.3) is 20.0 Å². The summed E-state index contributed by atoms with van der Waals surface area (Å²) in [5.74, 6) is 0.408. The third-order valence-electron chi connectivity index (χ3n) is 14.0. The maximum absolute atomic E-state index is 14.7. The van der Waals surface area contributed by atoms with E-state index in [2.05, 4.69) is 20.9 Å². The van der Waals surface area contributed by atoms with Crippen LogP contribution in [0.15, 0.2) is 107 Å². The number of carbonyl (C=O) groups is 2. The predicted octanol–water partition coefficient (Wildman–Crippen LogP) is 6.82. The number of fused-ring (bicyclic) bond motifs is 2. The highest BCUT2D eigenvalue weighted by atomic mass is 32.2. The molecular formula is C55H74N10O12S2. The van der Waals surface area contributed by atoms with Crippen molar-refractivity contribution in [2.45, 2.75) is 156 Å². The molecule has 2 unspecified atom stereocenters. The molecule has 8 rings (SSSR count). The summed E-state index contributed by atoms with van der Waals surface area (Å²) in [5, 5.41) is 32.5. The van der Waals surface area contributed by atoms with Crippen molar-refractivity contribution in [3.05, 3.63) is 108 Å². The van der Waals surface area contributed by atoms with Gasteiger partial charge in [0.2, 0.25) is 11.9 Å². The number of aromatic nitrogens is 4. The van der Waals surface area contributed by atoms with Crippen molar-refractivity contribution in [1.82, 2.24) is 38.7 Å². The van der Waals surface area contributed by atoms with E-state index < -0.39 is 93.1 Å². The van der Waals surface area contributed by atoms with Crippen molar-refractivity contribution in [2.75, 3.05) is 24.1 Å². The maximum Gasteiger partial charge on any atom is 0.409 e. The molecule has 0 radical (unpaired) electrons. The lowest BCUT2D eigenvalue weighted by molar-refractivity contribution is -0.145. The Bertz CT molecular complexity index is 3290. The monoisotopic (exact) mass is 1130 g/mol. The van der Waals surface area contributed by atoms with E-state index in [1.54, 1.807) is 70.0 Å². The summed E-state index contributed by atoms with van der Waals surface area (Å²) in [6.07, 6.45) is 0.565. The van der Waals surface area contributed by atoms with Crippen LogP contribution in [0.25, 0.3) is 22.1 Å². The van der Waals surface area contributed by atoms with Gasteiger partial charge in [-0.15, -0.1) is 0 Å². The molecule has 6 aromatic rings. The van der Waals surface area contributed by atoms with E-state index in [-0.39, 0.29) is 40.0 Å². The van der Waals surface area contributed by atoms with Gasteiger partial charge in [0.1, 0.15) is 5.60 Å². The molecule has 428 valence electrons. The third-order valence-corrected chi connectivity index (χ3v) is 17.2. The predicted molar refractivity (Wildman–Crippen MR) is 297 cm³/mol. The number of nitrogens with two attached hydrogens (primary N) is 1. The van der Waals surface area contributed by atoms with Crippen LogP contribution in [0.5, 0.6) is 0 Å². The molecule has 2 amide bonds. The van der Waals surface area contributed by atoms with Crippen LogP contribution in [0.1, 0.15) is 97.1 Å². The number of aryl methyl sites for hydroxylation is 2. The number of imidazole rings is 2. The number of sulfonamides is 2. The first-order valence-electron chi connectivity index (χ1n) is 26.6. The molecule has 2 fully saturated rings. The van der Waals surface area contributed by atoms with Crippen LogP contribution in [0, 0.1) is 0 Å². The Labute approximate surface area is 461 Å². The number of nitrogen functional groups attached to an aromatic ring is 1. The minimum atomic E-state index is -4.49. The molecular weight excluding hydrogens is 1060 g/mol. The summed E-state index contributed by atoms with van der Waals surface area (Å²) in [6.45, 7) is 7.23. The first-order valence-corrected chi connectivity index (χ1v) is 29.5. The quantitative estimate of drug-likeness (QED) is 0.0284. The van der Waals surface area contributed by atoms with Gasteiger partial charge < -0.3 is 50.5 Å². The molecule has 4 atom stereocenters. The van der Waals surface area contributed by atoms with E-state index >= 15 is 0 Å². The molecule has 2 aromatic heterocycles. The summed E-state index contributed by atoms with van der Waals surface area (Å²) in [5.41, 5.74) is 7.00. The molecule has 4 aromatic carbocycles. The molecule has 2 aliphatic carbocycles. The van der Waals surface area contributed by atoms with Gasteiger partial charge in [-0.2, -0.15) is 0 Å². The highest BCUT2D eigenvalue weighted by molar-refractivity contribution is 7.89. The number of nitrogens with zero attached hydrogens (tertiary/aromatic N) is 6. The SMILES string of the molecule is Cn1c(N)nc2ccc(S(=O)(=O)N(CC(O)[C@H](Cc3ccccc3)NC(=O)OC(C)(C)Nc3nc4cc(S(=O)(=O)N(CC(O)[C@H](Cc5ccccc5)NC(=O)OC(C)(C)C)OC5CCCC5)ccc4n3C)OC3CCCC3)cc21. The summed E-state index contributed by atoms with van der Waals surface area (Å²) in [6, 6.07) is 25.0. The Morgan fingerprint density at radius 3 is 1.61 bits per heavy atom. The lowest BCUT2D eigenvalue weighted by atomic mass is 10.0. The van der Waals surface area contributed by atoms with Crippen molar-refractivity contribution in [3.8, 4) is 0 Å². The molecule has 2 heterocycles. The van der Waals surface area contributed by atoms with Gasteiger partial charge in [0, 0.05) is 14.1 Å². The van der Waals surface area contributed by atoms with Crippen LogP contribution in [-0.2, 0) is 66.1 Å². The molecule has 0 aliphatic heterocycles. The Morgan fingerprint density at radius 1 is 0.646 bits per heavy atom. The first-order chi connectivity index (χ1) is 37.3. The van der Waals surface area contributed by atoms with Crippen LogP contribution in [0.4, 0.5) is 21.5 Å². The van der Waals surface area contributed by atoms with Gasteiger partial charge in [-0.05, 0) is 121 Å². The standard InChI is InChI=1S/C55H74N10O12S2/c1-54(2,3)74-52(68)59-44(30-36-18-10-8-11-19-36)48(66)34-64(76-38-22-14-15-23-38)78(70,71)40-27-29-46-43(32-40)58-51(63(46)7)61-55(4,5)75-53(69)60-45(31-37-20-12-9-13-21-37)49(67)35-65(77-39-24-16-17-25-39)79(72,73)41-26-28-42-47(33-41)62(6)50(56)57-42/h8-13,18-21,26-29,32-33,38-39,44-45,48-49,66-67H,14-17,22-25,30-31,34-35H2,1-7H3,(H2,56,57)(H,58,61)(H,59,68)(H,60,69)/t44-,45-,48?,49?/m0/s1. The molecule has 22 nitrogen and oxygen atoms in total. The van der Waals surface area contributed by atoms with Gasteiger partial charge in [-0.1, -0.05) is 95.3 Å². The molecule has 2 saturated carbocycles. The Morgan fingerprint density at radius 2 is 1.11 bits per heavy atom. The molecule has 7 N–H and O–H groups in total. The number of hydrogen-bond donors (Lipinski definition) is 6. The molecule has 24 heteroatoms. The number of hydrogen-bond acceptors (Lipinski definition) is 16. The minimum absolute atomic E-state index is 0.0812. The second-order valence-corrected chi connectivity index (χ2v) is 25.5. The second kappa shape index (κ2) is 24.5. The average Bonchev–Trinajstić information content (AvgIpc) is 4.27. The molecule has 0 spiro atoms. The normalized spacial score (nSPS) is 16.6. The second-order valence-electron chi connectivity index (χ2n) is 21.9. The average molecular weight is 1130 g/mol. The molecule has 0 saturated heterocycles. The fourth-order valence-corrected chi connectivity index (χ4v) is 12.4. The van der Waals surface area contributed by atoms with E-state index in [4.69, 9.17) is 29.9 Å². The zero-order chi connectivity index (χ0) is 56.9. The van der Waals surface area contributed by atoms with E-state index in [1.165, 1.54) is 24.3 Å². The van der Waals surface area contributed by atoms with Gasteiger partial charge in [-0.25, -0.2) is 36.4 Å². The molecule has 0 bridgehead atoms. The number of carbonyl (C=O) groups excluding carboxylic acids is 2. The van der Waals surface area contributed by atoms with Gasteiger partial charge in [0.15, 0.2) is 5.72 Å². The van der Waals surface area contributed by atoms with Crippen molar-refractivity contribution in [1.29, 1.82) is 0 Å². The Hall–Kier alpha value is -6.38. The van der Waals surface area contributed by atoms with Crippen molar-refractivity contribution < 1.29 is 55.8 Å². The number of benzene rings is 4. The van der Waals surface area contributed by atoms with Crippen molar-refractivity contribution in [3.63, 3.8) is 0 Å². The topological polar surface area (TPSA) is 284 Å². The molecule has 79 heavy (non-hydrogen) atoms. The third kappa shape index (κ3) is 14.9. The van der Waals surface area contributed by atoms with Crippen LogP contribution < -0.4 is 21.7 Å². The van der Waals surface area contributed by atoms with Crippen molar-refractivity contribution >= 4 is 66.2 Å². The van der Waals surface area contributed by atoms with Gasteiger partial charge in [0.05, 0.1) is 81.4 Å². The fourth-order valence-electron chi connectivity index (χ4n) is 9.78. The lowest BCUT2D eigenvalue weighted by Gasteiger charge is -2.32. The Kier molecular flexibility index (Phi) is 18.3. The van der Waals surface area contributed by atoms with E-state index in [9.17, 15) is 36.6 Å². The number of hydroxylamine groups is 2. The first kappa shape index (κ1) is 58.8. The largest absolute Gasteiger partial charge is 0.444 e. The summed E-state index contributed by atoms with van der Waals surface area (Å²) < 4.78 is 74.6. The number of amides is 2. The fraction of sp³-hybridized carbons (Fsp3) is 0.491. The van der Waals surface area contributed by atoms with E-state index in [1.807, 2.05) is 60.7 Å². The highest BCUT2D eigenvalue weighted by Gasteiger charge is 2.38. The van der Waals surface area contributed by atoms with Crippen molar-refractivity contribution in [2.24, 2.45) is 14.1 Å². The number of anilines is 2.